The molecule has 0 unspecified atom stereocenters. The second-order valence-electron chi connectivity index (χ2n) is 24.7. The molecule has 0 radical (unpaired) electrons. The number of para-hydroxylation sites is 2. The number of nitrogens with zero attached hydrogens (tertiary/aromatic N) is 3. The molecule has 5 heterocycles. The van der Waals surface area contributed by atoms with Crippen LogP contribution in [0.4, 0.5) is 51.2 Å². The average molecular weight is 1200 g/mol. The Balaban J connectivity index is 0.962. The van der Waals surface area contributed by atoms with E-state index in [1.165, 1.54) is 82.9 Å². The third-order valence-electron chi connectivity index (χ3n) is 17.6. The Bertz CT molecular complexity index is 4890. The smallest absolute Gasteiger partial charge is 0.252 e. The Kier molecular flexibility index (Phi) is 11.5. The topological polar surface area (TPSA) is 36.0 Å². The lowest BCUT2D eigenvalue weighted by Gasteiger charge is -2.45. The highest BCUT2D eigenvalue weighted by atomic mass is 127. The second kappa shape index (κ2) is 19.2. The lowest BCUT2D eigenvalue weighted by molar-refractivity contribution is 0.590. The first kappa shape index (κ1) is 50.5. The number of anilines is 9. The zero-order chi connectivity index (χ0) is 56.6. The summed E-state index contributed by atoms with van der Waals surface area (Å²) in [5.74, 6) is 0.956. The van der Waals surface area contributed by atoms with Gasteiger partial charge in [0.25, 0.3) is 6.71 Å². The summed E-state index contributed by atoms with van der Waals surface area (Å²) in [6.07, 6.45) is 2.16. The largest absolute Gasteiger partial charge is 0.456 e. The molecule has 2 aromatic heterocycles. The zero-order valence-electron chi connectivity index (χ0n) is 47.8. The summed E-state index contributed by atoms with van der Waals surface area (Å²) in [5, 5.41) is 5.81. The minimum Gasteiger partial charge on any atom is -0.456 e. The SMILES string of the molecule is CC(C)(C)c1ccc2c(c1)N(c1ccc(-c3cccc4oc5c(c34)C=IC=C5)cc1)c1cc(C(C)(C)C)cc3c1B2c1ccc(N(c2ccccc2)c2ccc4ccccc4c2-c2ccccc2)cc1N3c1ccc2c(c1)oc1ccccc12. The van der Waals surface area contributed by atoms with Crippen LogP contribution >= 0.6 is 20.7 Å². The van der Waals surface area contributed by atoms with E-state index in [2.05, 4.69) is 301 Å². The van der Waals surface area contributed by atoms with E-state index in [1.54, 1.807) is 0 Å². The first-order chi connectivity index (χ1) is 40.9. The van der Waals surface area contributed by atoms with Crippen LogP contribution in [0.2, 0.25) is 0 Å². The molecule has 0 bridgehead atoms. The monoisotopic (exact) mass is 1200 g/mol. The van der Waals surface area contributed by atoms with Crippen LogP contribution in [0.15, 0.2) is 243 Å². The van der Waals surface area contributed by atoms with E-state index in [9.17, 15) is 0 Å². The maximum absolute atomic E-state index is 6.78. The van der Waals surface area contributed by atoms with Gasteiger partial charge in [-0.25, -0.2) is 0 Å². The van der Waals surface area contributed by atoms with Gasteiger partial charge >= 0.3 is 0 Å². The zero-order valence-corrected chi connectivity index (χ0v) is 49.9. The number of benzene rings is 11. The second-order valence-corrected chi connectivity index (χ2v) is 26.7. The van der Waals surface area contributed by atoms with Gasteiger partial charge in [0.2, 0.25) is 0 Å². The summed E-state index contributed by atoms with van der Waals surface area (Å²) in [5.41, 5.74) is 24.6. The van der Waals surface area contributed by atoms with Crippen molar-refractivity contribution in [3.8, 4) is 22.3 Å². The molecule has 11 aromatic carbocycles. The van der Waals surface area contributed by atoms with Gasteiger partial charge in [0, 0.05) is 78.9 Å². The van der Waals surface area contributed by atoms with Crippen LogP contribution < -0.4 is 31.1 Å². The van der Waals surface area contributed by atoms with Gasteiger partial charge in [-0.15, -0.1) is 0 Å². The number of hydrogen-bond acceptors (Lipinski definition) is 5. The molecule has 3 aliphatic rings. The molecule has 0 spiro atoms. The number of rotatable bonds is 7. The van der Waals surface area contributed by atoms with Gasteiger partial charge in [-0.3, -0.25) is 0 Å². The fourth-order valence-electron chi connectivity index (χ4n) is 13.4. The maximum Gasteiger partial charge on any atom is 0.252 e. The van der Waals surface area contributed by atoms with Crippen molar-refractivity contribution in [2.24, 2.45) is 0 Å². The van der Waals surface area contributed by atoms with Gasteiger partial charge in [-0.05, 0) is 165 Å². The Morgan fingerprint density at radius 1 is 0.452 bits per heavy atom. The van der Waals surface area contributed by atoms with Crippen molar-refractivity contribution in [3.63, 3.8) is 0 Å². The molecule has 5 nitrogen and oxygen atoms in total. The minimum absolute atomic E-state index is 0.103. The van der Waals surface area contributed by atoms with Crippen molar-refractivity contribution in [2.75, 3.05) is 14.7 Å². The van der Waals surface area contributed by atoms with Crippen molar-refractivity contribution in [1.82, 2.24) is 0 Å². The predicted molar refractivity (Wildman–Crippen MR) is 366 cm³/mol. The van der Waals surface area contributed by atoms with Crippen molar-refractivity contribution in [3.05, 3.63) is 257 Å². The molecule has 0 saturated carbocycles. The fraction of sp³-hybridized carbons (Fsp3) is 0.104. The average Bonchev–Trinajstić information content (AvgIpc) is 0.894. The van der Waals surface area contributed by atoms with Crippen LogP contribution in [0.1, 0.15) is 64.0 Å². The lowest BCUT2D eigenvalue weighted by Crippen LogP contribution is -2.61. The predicted octanol–water partition coefficient (Wildman–Crippen LogP) is 20.1. The number of furan rings is 2. The Morgan fingerprint density at radius 3 is 1.87 bits per heavy atom. The van der Waals surface area contributed by atoms with E-state index in [0.29, 0.717) is 0 Å². The molecule has 0 amide bonds. The molecular weight excluding hydrogens is 1140 g/mol. The van der Waals surface area contributed by atoms with Crippen molar-refractivity contribution in [1.29, 1.82) is 0 Å². The van der Waals surface area contributed by atoms with Crippen LogP contribution in [0.3, 0.4) is 0 Å². The summed E-state index contributed by atoms with van der Waals surface area (Å²) in [7, 11) is 0. The first-order valence-corrected chi connectivity index (χ1v) is 31.6. The third-order valence-corrected chi connectivity index (χ3v) is 19.3. The molecule has 84 heavy (non-hydrogen) atoms. The van der Waals surface area contributed by atoms with E-state index in [1.807, 2.05) is 0 Å². The lowest BCUT2D eigenvalue weighted by atomic mass is 9.33. The highest BCUT2D eigenvalue weighted by Gasteiger charge is 2.45. The third kappa shape index (κ3) is 8.07. The molecule has 0 atom stereocenters. The molecule has 3 aliphatic heterocycles. The number of hydrogen-bond donors (Lipinski definition) is 0. The van der Waals surface area contributed by atoms with Crippen LogP contribution in [0, 0.1) is 0 Å². The molecule has 404 valence electrons. The van der Waals surface area contributed by atoms with Crippen LogP contribution in [-0.2, 0) is 10.8 Å². The first-order valence-electron chi connectivity index (χ1n) is 29.1. The van der Waals surface area contributed by atoms with E-state index < -0.39 is 0 Å². The molecule has 0 fully saturated rings. The highest BCUT2D eigenvalue weighted by molar-refractivity contribution is 14.2. The van der Waals surface area contributed by atoms with E-state index >= 15 is 0 Å². The van der Waals surface area contributed by atoms with E-state index in [4.69, 9.17) is 8.83 Å². The van der Waals surface area contributed by atoms with Crippen LogP contribution in [0.25, 0.3) is 72.0 Å². The van der Waals surface area contributed by atoms with Crippen molar-refractivity contribution >= 4 is 149 Å². The molecule has 7 heteroatoms. The van der Waals surface area contributed by atoms with Crippen LogP contribution in [0.5, 0.6) is 0 Å². The van der Waals surface area contributed by atoms with Gasteiger partial charge in [-0.2, -0.15) is 0 Å². The number of fused-ring (bicyclic) bond motifs is 11. The summed E-state index contributed by atoms with van der Waals surface area (Å²) in [4.78, 5) is 7.59. The molecule has 0 saturated heterocycles. The van der Waals surface area contributed by atoms with Crippen molar-refractivity contribution in [2.45, 2.75) is 52.4 Å². The fourth-order valence-corrected chi connectivity index (χ4v) is 15.2. The number of halogens is 1. The van der Waals surface area contributed by atoms with Crippen LogP contribution in [-0.4, -0.2) is 10.7 Å². The summed E-state index contributed by atoms with van der Waals surface area (Å²) >= 11 is -0.167. The summed E-state index contributed by atoms with van der Waals surface area (Å²) in [6, 6.07) is 85.7. The quantitative estimate of drug-likeness (QED) is 0.117. The maximum atomic E-state index is 6.78. The molecule has 16 rings (SSSR count). The van der Waals surface area contributed by atoms with E-state index in [0.717, 1.165) is 73.1 Å². The Hall–Kier alpha value is -9.18. The van der Waals surface area contributed by atoms with E-state index in [-0.39, 0.29) is 38.3 Å². The van der Waals surface area contributed by atoms with Gasteiger partial charge in [0.05, 0.1) is 5.69 Å². The summed E-state index contributed by atoms with van der Waals surface area (Å²) in [6.45, 7) is 13.9. The molecule has 0 aliphatic carbocycles. The highest BCUT2D eigenvalue weighted by Crippen LogP contribution is 2.51. The van der Waals surface area contributed by atoms with Gasteiger partial charge in [-0.1, -0.05) is 202 Å². The van der Waals surface area contributed by atoms with Gasteiger partial charge < -0.3 is 23.5 Å². The van der Waals surface area contributed by atoms with Crippen molar-refractivity contribution < 1.29 is 8.83 Å². The van der Waals surface area contributed by atoms with Gasteiger partial charge in [0.1, 0.15) is 22.5 Å². The standard InChI is InChI=1S/C77H59BIN3O2/c1-76(2,3)51-31-37-62-65(42-51)81(54-32-28-49(29-33-54)58-25-17-27-71-74(58)61-47-79-41-40-70(61)83-71)67-43-52(77(4,5)6)44-68-75(67)78(62)63-38-35-55(45-66(63)82(68)56-34-36-60-59-24-15-16-26-69(59)84-72(60)46-56)80(53-21-11-8-12-22-53)64-39-30-48-18-13-14-23-57(48)73(64)50-19-9-7-10-20-50/h7-47H,1-6H3. The Labute approximate surface area is 500 Å². The summed E-state index contributed by atoms with van der Waals surface area (Å²) < 4.78 is 17.9. The Morgan fingerprint density at radius 2 is 1.10 bits per heavy atom. The van der Waals surface area contributed by atoms with Gasteiger partial charge in [0.15, 0.2) is 0 Å². The molecule has 0 N–H and O–H groups in total. The minimum atomic E-state index is -0.217. The molecular formula is C77H59BIN3O2. The molecule has 13 aromatic rings. The normalized spacial score (nSPS) is 13.5.